The van der Waals surface area contributed by atoms with E-state index < -0.39 is 0 Å². The van der Waals surface area contributed by atoms with Crippen molar-refractivity contribution in [2.75, 3.05) is 0 Å². The Labute approximate surface area is 242 Å². The van der Waals surface area contributed by atoms with Crippen LogP contribution in [-0.4, -0.2) is 9.13 Å². The highest BCUT2D eigenvalue weighted by atomic mass is 15.0. The number of fused-ring (bicyclic) bond motifs is 6. The summed E-state index contributed by atoms with van der Waals surface area (Å²) in [5, 5.41) is 14.9. The molecule has 0 N–H and O–H groups in total. The minimum absolute atomic E-state index is 0.454. The first-order chi connectivity index (χ1) is 20.8. The Hall–Kier alpha value is -6.10. The van der Waals surface area contributed by atoms with Gasteiger partial charge in [0.25, 0.3) is 0 Å². The normalized spacial score (nSPS) is 11.3. The predicted molar refractivity (Wildman–Crippen MR) is 172 cm³/mol. The lowest BCUT2D eigenvalue weighted by atomic mass is 9.97. The van der Waals surface area contributed by atoms with E-state index in [9.17, 15) is 5.26 Å². The molecular weight excluding hydrogens is 512 g/mol. The molecule has 0 amide bonds. The Morgan fingerprint density at radius 3 is 1.50 bits per heavy atom. The summed E-state index contributed by atoms with van der Waals surface area (Å²) in [6.07, 6.45) is 0. The largest absolute Gasteiger partial charge is 0.309 e. The fraction of sp³-hybridized carbons (Fsp3) is 0. The van der Waals surface area contributed by atoms with Crippen molar-refractivity contribution in [3.05, 3.63) is 150 Å². The number of nitriles is 1. The SMILES string of the molecule is [C-]#[N+]c1ccc(-c2ccc(-n3c4ccccc4c4ccccc43)cc2-n2c3ccccc3c3ccccc32)c(C#N)c1. The average Bonchev–Trinajstić information content (AvgIpc) is 3.57. The Morgan fingerprint density at radius 2 is 1.00 bits per heavy atom. The smallest absolute Gasteiger partial charge is 0.188 e. The van der Waals surface area contributed by atoms with Crippen molar-refractivity contribution < 1.29 is 0 Å². The summed E-state index contributed by atoms with van der Waals surface area (Å²) in [7, 11) is 0. The second-order valence-electron chi connectivity index (χ2n) is 10.4. The molecule has 42 heavy (non-hydrogen) atoms. The van der Waals surface area contributed by atoms with Crippen LogP contribution in [0.15, 0.2) is 133 Å². The first kappa shape index (κ1) is 23.8. The third-order valence-electron chi connectivity index (χ3n) is 8.18. The van der Waals surface area contributed by atoms with Crippen molar-refractivity contribution in [2.45, 2.75) is 0 Å². The lowest BCUT2D eigenvalue weighted by molar-refractivity contribution is 1.13. The van der Waals surface area contributed by atoms with Crippen LogP contribution in [0.2, 0.25) is 0 Å². The van der Waals surface area contributed by atoms with Gasteiger partial charge in [0, 0.05) is 38.4 Å². The highest BCUT2D eigenvalue weighted by molar-refractivity contribution is 6.11. The molecule has 0 aliphatic rings. The fourth-order valence-electron chi connectivity index (χ4n) is 6.38. The van der Waals surface area contributed by atoms with E-state index in [2.05, 4.69) is 135 Å². The van der Waals surface area contributed by atoms with Crippen molar-refractivity contribution in [1.29, 1.82) is 5.26 Å². The van der Waals surface area contributed by atoms with Crippen LogP contribution in [0.5, 0.6) is 0 Å². The molecule has 2 aromatic heterocycles. The highest BCUT2D eigenvalue weighted by Crippen LogP contribution is 2.40. The third-order valence-corrected chi connectivity index (χ3v) is 8.18. The Kier molecular flexibility index (Phi) is 5.22. The Morgan fingerprint density at radius 1 is 0.524 bits per heavy atom. The molecule has 0 saturated heterocycles. The van der Waals surface area contributed by atoms with Gasteiger partial charge in [-0.05, 0) is 48.0 Å². The van der Waals surface area contributed by atoms with E-state index in [4.69, 9.17) is 6.57 Å². The van der Waals surface area contributed by atoms with Crippen LogP contribution in [0.3, 0.4) is 0 Å². The van der Waals surface area contributed by atoms with Crippen molar-refractivity contribution in [1.82, 2.24) is 9.13 Å². The van der Waals surface area contributed by atoms with Crippen LogP contribution >= 0.6 is 0 Å². The van der Waals surface area contributed by atoms with E-state index in [0.29, 0.717) is 11.3 Å². The first-order valence-electron chi connectivity index (χ1n) is 13.8. The summed E-state index contributed by atoms with van der Waals surface area (Å²) in [6.45, 7) is 7.48. The maximum Gasteiger partial charge on any atom is 0.188 e. The quantitative estimate of drug-likeness (QED) is 0.208. The van der Waals surface area contributed by atoms with Crippen LogP contribution in [-0.2, 0) is 0 Å². The molecular formula is C38H22N4. The van der Waals surface area contributed by atoms with Gasteiger partial charge in [0.15, 0.2) is 5.69 Å². The van der Waals surface area contributed by atoms with Crippen molar-refractivity contribution in [2.24, 2.45) is 0 Å². The molecule has 0 atom stereocenters. The molecule has 0 bridgehead atoms. The summed E-state index contributed by atoms with van der Waals surface area (Å²) in [5.41, 5.74) is 9.13. The van der Waals surface area contributed by atoms with E-state index in [-0.39, 0.29) is 0 Å². The molecule has 0 fully saturated rings. The second-order valence-corrected chi connectivity index (χ2v) is 10.4. The standard InChI is InChI=1S/C38H22N4/c1-40-26-18-20-28(25(22-26)24-39)33-21-19-27(41-34-14-6-2-10-29(34)30-11-3-7-15-35(30)41)23-38(33)42-36-16-8-4-12-31(36)32-13-5-9-17-37(32)42/h2-23H. The molecule has 4 heteroatoms. The molecule has 0 aliphatic carbocycles. The lowest BCUT2D eigenvalue weighted by Crippen LogP contribution is -2.02. The number of rotatable bonds is 3. The summed E-state index contributed by atoms with van der Waals surface area (Å²) in [5.74, 6) is 0. The van der Waals surface area contributed by atoms with Gasteiger partial charge >= 0.3 is 0 Å². The van der Waals surface area contributed by atoms with Gasteiger partial charge in [-0.25, -0.2) is 4.85 Å². The highest BCUT2D eigenvalue weighted by Gasteiger charge is 2.20. The summed E-state index contributed by atoms with van der Waals surface area (Å²) < 4.78 is 4.63. The summed E-state index contributed by atoms with van der Waals surface area (Å²) in [4.78, 5) is 3.56. The third kappa shape index (κ3) is 3.40. The Balaban J connectivity index is 1.52. The first-order valence-corrected chi connectivity index (χ1v) is 13.8. The number of aromatic nitrogens is 2. The van der Waals surface area contributed by atoms with Gasteiger partial charge in [-0.2, -0.15) is 5.26 Å². The molecule has 0 saturated carbocycles. The van der Waals surface area contributed by atoms with E-state index in [0.717, 1.165) is 44.6 Å². The Bertz CT molecular complexity index is 2340. The van der Waals surface area contributed by atoms with Crippen molar-refractivity contribution in [3.8, 4) is 28.6 Å². The molecule has 4 nitrogen and oxygen atoms in total. The predicted octanol–water partition coefficient (Wildman–Crippen LogP) is 9.97. The summed E-state index contributed by atoms with van der Waals surface area (Å²) >= 11 is 0. The zero-order valence-corrected chi connectivity index (χ0v) is 22.5. The topological polar surface area (TPSA) is 38.0 Å². The summed E-state index contributed by atoms with van der Waals surface area (Å²) in [6, 6.07) is 48.1. The number of hydrogen-bond acceptors (Lipinski definition) is 1. The van der Waals surface area contributed by atoms with Gasteiger partial charge in [-0.3, -0.25) is 0 Å². The maximum absolute atomic E-state index is 10.1. The van der Waals surface area contributed by atoms with Gasteiger partial charge in [-0.1, -0.05) is 91.0 Å². The van der Waals surface area contributed by atoms with E-state index in [1.54, 1.807) is 12.1 Å². The van der Waals surface area contributed by atoms with Crippen LogP contribution in [0, 0.1) is 17.9 Å². The van der Waals surface area contributed by atoms with Crippen LogP contribution < -0.4 is 0 Å². The number of benzene rings is 6. The zero-order chi connectivity index (χ0) is 28.2. The zero-order valence-electron chi connectivity index (χ0n) is 22.5. The van der Waals surface area contributed by atoms with Gasteiger partial charge in [0.1, 0.15) is 0 Å². The van der Waals surface area contributed by atoms with E-state index in [1.165, 1.54) is 21.5 Å². The van der Waals surface area contributed by atoms with Crippen molar-refractivity contribution >= 4 is 49.3 Å². The van der Waals surface area contributed by atoms with Crippen LogP contribution in [0.4, 0.5) is 5.69 Å². The van der Waals surface area contributed by atoms with E-state index in [1.807, 2.05) is 6.07 Å². The minimum Gasteiger partial charge on any atom is -0.309 e. The maximum atomic E-state index is 10.1. The van der Waals surface area contributed by atoms with Crippen LogP contribution in [0.1, 0.15) is 5.56 Å². The van der Waals surface area contributed by atoms with Gasteiger partial charge < -0.3 is 9.13 Å². The number of hydrogen-bond donors (Lipinski definition) is 0. The van der Waals surface area contributed by atoms with Gasteiger partial charge in [0.2, 0.25) is 0 Å². The van der Waals surface area contributed by atoms with Crippen LogP contribution in [0.25, 0.3) is 71.0 Å². The molecule has 8 aromatic rings. The molecule has 0 radical (unpaired) electrons. The molecule has 0 unspecified atom stereocenters. The molecule has 0 spiro atoms. The molecule has 8 rings (SSSR count). The monoisotopic (exact) mass is 534 g/mol. The second kappa shape index (κ2) is 9.24. The minimum atomic E-state index is 0.454. The van der Waals surface area contributed by atoms with Gasteiger partial charge in [0.05, 0.1) is 40.4 Å². The van der Waals surface area contributed by atoms with E-state index >= 15 is 0 Å². The molecule has 194 valence electrons. The average molecular weight is 535 g/mol. The van der Waals surface area contributed by atoms with Gasteiger partial charge in [-0.15, -0.1) is 0 Å². The lowest BCUT2D eigenvalue weighted by Gasteiger charge is -2.18. The molecule has 6 aromatic carbocycles. The molecule has 0 aliphatic heterocycles. The van der Waals surface area contributed by atoms with Crippen molar-refractivity contribution in [3.63, 3.8) is 0 Å². The fourth-order valence-corrected chi connectivity index (χ4v) is 6.38. The number of nitrogens with zero attached hydrogens (tertiary/aromatic N) is 4. The number of para-hydroxylation sites is 4. The molecule has 2 heterocycles.